The Balaban J connectivity index is 2.57. The van der Waals surface area contributed by atoms with Crippen LogP contribution in [0.15, 0.2) is 11.4 Å². The van der Waals surface area contributed by atoms with Crippen LogP contribution in [0.1, 0.15) is 44.5 Å². The van der Waals surface area contributed by atoms with Crippen LogP contribution >= 0.6 is 34.7 Å². The highest BCUT2D eigenvalue weighted by molar-refractivity contribution is 7.99. The van der Waals surface area contributed by atoms with Crippen LogP contribution in [0.3, 0.4) is 0 Å². The number of hydrogen-bond donors (Lipinski definition) is 1. The van der Waals surface area contributed by atoms with Crippen LogP contribution in [0.25, 0.3) is 0 Å². The molecule has 0 spiro atoms. The molecule has 1 aromatic heterocycles. The highest BCUT2D eigenvalue weighted by Crippen LogP contribution is 2.31. The molecule has 0 aliphatic carbocycles. The summed E-state index contributed by atoms with van der Waals surface area (Å²) in [5.74, 6) is 1.11. The zero-order chi connectivity index (χ0) is 12.7. The van der Waals surface area contributed by atoms with Gasteiger partial charge < -0.3 is 5.32 Å². The van der Waals surface area contributed by atoms with E-state index < -0.39 is 0 Å². The number of rotatable bonds is 8. The van der Waals surface area contributed by atoms with Gasteiger partial charge in [-0.1, -0.05) is 32.4 Å². The van der Waals surface area contributed by atoms with Gasteiger partial charge in [-0.2, -0.15) is 11.8 Å². The molecule has 4 heteroatoms. The molecule has 0 amide bonds. The first-order valence-electron chi connectivity index (χ1n) is 6.26. The lowest BCUT2D eigenvalue weighted by Gasteiger charge is -2.19. The van der Waals surface area contributed by atoms with E-state index in [4.69, 9.17) is 11.6 Å². The maximum atomic E-state index is 6.22. The predicted octanol–water partition coefficient (Wildman–Crippen LogP) is 4.97. The van der Waals surface area contributed by atoms with Crippen LogP contribution in [0.5, 0.6) is 0 Å². The van der Waals surface area contributed by atoms with Crippen LogP contribution in [-0.2, 0) is 0 Å². The number of hydrogen-bond acceptors (Lipinski definition) is 3. The van der Waals surface area contributed by atoms with Crippen molar-refractivity contribution >= 4 is 34.7 Å². The van der Waals surface area contributed by atoms with Crippen molar-refractivity contribution in [2.45, 2.75) is 44.9 Å². The summed E-state index contributed by atoms with van der Waals surface area (Å²) < 4.78 is 0. The smallest absolute Gasteiger partial charge is 0.0561 e. The summed E-state index contributed by atoms with van der Waals surface area (Å²) in [4.78, 5) is 1.29. The zero-order valence-corrected chi connectivity index (χ0v) is 13.2. The standard InChI is InChI=1S/C13H22ClNS2/c1-4-7-15-12(9-17-10(3)5-2)13-11(14)6-8-16-13/h6,8,10,12,15H,4-5,7,9H2,1-3H3. The van der Waals surface area contributed by atoms with E-state index in [1.54, 1.807) is 11.3 Å². The summed E-state index contributed by atoms with van der Waals surface area (Å²) in [6.07, 6.45) is 2.39. The molecule has 0 aromatic carbocycles. The molecule has 1 heterocycles. The Hall–Kier alpha value is 0.300. The first-order valence-corrected chi connectivity index (χ1v) is 8.57. The average molecular weight is 292 g/mol. The third kappa shape index (κ3) is 5.21. The lowest BCUT2D eigenvalue weighted by molar-refractivity contribution is 0.584. The predicted molar refractivity (Wildman–Crippen MR) is 82.6 cm³/mol. The van der Waals surface area contributed by atoms with Crippen LogP contribution in [0, 0.1) is 0 Å². The molecule has 0 bridgehead atoms. The molecule has 1 N–H and O–H groups in total. The summed E-state index contributed by atoms with van der Waals surface area (Å²) in [6, 6.07) is 2.40. The molecule has 0 aliphatic heterocycles. The normalized spacial score (nSPS) is 14.8. The van der Waals surface area contributed by atoms with Gasteiger partial charge in [0.25, 0.3) is 0 Å². The van der Waals surface area contributed by atoms with Crippen molar-refractivity contribution in [3.8, 4) is 0 Å². The van der Waals surface area contributed by atoms with E-state index in [1.807, 2.05) is 17.8 Å². The highest BCUT2D eigenvalue weighted by Gasteiger charge is 2.16. The van der Waals surface area contributed by atoms with Gasteiger partial charge in [0, 0.05) is 15.9 Å². The van der Waals surface area contributed by atoms with Crippen molar-refractivity contribution in [1.29, 1.82) is 0 Å². The van der Waals surface area contributed by atoms with Crippen molar-refractivity contribution in [2.75, 3.05) is 12.3 Å². The topological polar surface area (TPSA) is 12.0 Å². The van der Waals surface area contributed by atoms with Gasteiger partial charge >= 0.3 is 0 Å². The van der Waals surface area contributed by atoms with Crippen LogP contribution in [-0.4, -0.2) is 17.5 Å². The molecule has 1 aromatic rings. The van der Waals surface area contributed by atoms with E-state index in [1.165, 1.54) is 11.3 Å². The number of nitrogens with one attached hydrogen (secondary N) is 1. The Bertz CT molecular complexity index is 314. The maximum Gasteiger partial charge on any atom is 0.0561 e. The minimum Gasteiger partial charge on any atom is -0.309 e. The summed E-state index contributed by atoms with van der Waals surface area (Å²) in [7, 11) is 0. The zero-order valence-electron chi connectivity index (χ0n) is 10.8. The molecular weight excluding hydrogens is 270 g/mol. The Morgan fingerprint density at radius 3 is 2.76 bits per heavy atom. The lowest BCUT2D eigenvalue weighted by Crippen LogP contribution is -2.24. The van der Waals surface area contributed by atoms with Crippen LogP contribution in [0.4, 0.5) is 0 Å². The van der Waals surface area contributed by atoms with Crippen molar-refractivity contribution in [2.24, 2.45) is 0 Å². The minimum absolute atomic E-state index is 0.404. The van der Waals surface area contributed by atoms with Gasteiger partial charge in [-0.25, -0.2) is 0 Å². The SMILES string of the molecule is CCCNC(CSC(C)CC)c1sccc1Cl. The summed E-state index contributed by atoms with van der Waals surface area (Å²) >= 11 is 10.0. The lowest BCUT2D eigenvalue weighted by atomic mass is 10.2. The molecule has 98 valence electrons. The summed E-state index contributed by atoms with van der Waals surface area (Å²) in [5.41, 5.74) is 0. The van der Waals surface area contributed by atoms with E-state index in [0.717, 1.165) is 29.0 Å². The second kappa shape index (κ2) is 8.41. The minimum atomic E-state index is 0.404. The fraction of sp³-hybridized carbons (Fsp3) is 0.692. The highest BCUT2D eigenvalue weighted by atomic mass is 35.5. The average Bonchev–Trinajstić information content (AvgIpc) is 2.75. The fourth-order valence-corrected chi connectivity index (χ4v) is 3.89. The molecule has 2 atom stereocenters. The molecule has 1 nitrogen and oxygen atoms in total. The third-order valence-electron chi connectivity index (χ3n) is 2.72. The monoisotopic (exact) mass is 291 g/mol. The third-order valence-corrected chi connectivity index (χ3v) is 5.62. The molecule has 0 aliphatic rings. The van der Waals surface area contributed by atoms with Crippen molar-refractivity contribution in [1.82, 2.24) is 5.32 Å². The molecule has 0 fully saturated rings. The summed E-state index contributed by atoms with van der Waals surface area (Å²) in [6.45, 7) is 7.78. The Kier molecular flexibility index (Phi) is 7.60. The van der Waals surface area contributed by atoms with Gasteiger partial charge in [0.05, 0.1) is 11.1 Å². The number of thiophene rings is 1. The van der Waals surface area contributed by atoms with E-state index in [2.05, 4.69) is 31.5 Å². The first-order chi connectivity index (χ1) is 8.19. The van der Waals surface area contributed by atoms with E-state index in [0.29, 0.717) is 6.04 Å². The second-order valence-electron chi connectivity index (χ2n) is 4.19. The van der Waals surface area contributed by atoms with Crippen LogP contribution in [0.2, 0.25) is 5.02 Å². The number of thioether (sulfide) groups is 1. The van der Waals surface area contributed by atoms with Crippen molar-refractivity contribution < 1.29 is 0 Å². The van der Waals surface area contributed by atoms with Gasteiger partial charge in [-0.15, -0.1) is 11.3 Å². The number of halogens is 1. The maximum absolute atomic E-state index is 6.22. The largest absolute Gasteiger partial charge is 0.309 e. The quantitative estimate of drug-likeness (QED) is 0.725. The van der Waals surface area contributed by atoms with E-state index >= 15 is 0 Å². The van der Waals surface area contributed by atoms with E-state index in [9.17, 15) is 0 Å². The second-order valence-corrected chi connectivity index (χ2v) is 7.02. The molecular formula is C13H22ClNS2. The Morgan fingerprint density at radius 2 is 2.24 bits per heavy atom. The molecule has 0 saturated carbocycles. The fourth-order valence-electron chi connectivity index (χ4n) is 1.48. The summed E-state index contributed by atoms with van der Waals surface area (Å²) in [5, 5.41) is 7.31. The Morgan fingerprint density at radius 1 is 1.47 bits per heavy atom. The molecule has 0 radical (unpaired) electrons. The van der Waals surface area contributed by atoms with Gasteiger partial charge in [0.1, 0.15) is 0 Å². The Labute approximate surface area is 118 Å². The van der Waals surface area contributed by atoms with Gasteiger partial charge in [0.15, 0.2) is 0 Å². The molecule has 2 unspecified atom stereocenters. The van der Waals surface area contributed by atoms with Crippen LogP contribution < -0.4 is 5.32 Å². The molecule has 17 heavy (non-hydrogen) atoms. The molecule has 1 rings (SSSR count). The van der Waals surface area contributed by atoms with Gasteiger partial charge in [0.2, 0.25) is 0 Å². The molecule has 0 saturated heterocycles. The van der Waals surface area contributed by atoms with E-state index in [-0.39, 0.29) is 0 Å². The van der Waals surface area contributed by atoms with Crippen molar-refractivity contribution in [3.63, 3.8) is 0 Å². The van der Waals surface area contributed by atoms with Gasteiger partial charge in [-0.05, 0) is 30.8 Å². The first kappa shape index (κ1) is 15.4. The van der Waals surface area contributed by atoms with Crippen molar-refractivity contribution in [3.05, 3.63) is 21.3 Å². The van der Waals surface area contributed by atoms with Gasteiger partial charge in [-0.3, -0.25) is 0 Å².